The molecule has 0 radical (unpaired) electrons. The summed E-state index contributed by atoms with van der Waals surface area (Å²) in [6, 6.07) is 5.87. The average Bonchev–Trinajstić information content (AvgIpc) is 3.31. The summed E-state index contributed by atoms with van der Waals surface area (Å²) in [7, 11) is -4.06. The summed E-state index contributed by atoms with van der Waals surface area (Å²) in [4.78, 5) is 25.1. The highest BCUT2D eigenvalue weighted by atomic mass is 35.5. The van der Waals surface area contributed by atoms with Crippen molar-refractivity contribution in [3.63, 3.8) is 0 Å². The third-order valence-electron chi connectivity index (χ3n) is 4.84. The highest BCUT2D eigenvalue weighted by molar-refractivity contribution is 7.91. The number of hydrogen-bond donors (Lipinski definition) is 2. The van der Waals surface area contributed by atoms with Crippen LogP contribution in [0.4, 0.5) is 5.82 Å². The van der Waals surface area contributed by atoms with Crippen LogP contribution in [0, 0.1) is 6.92 Å². The molecule has 10 heteroatoms. The lowest BCUT2D eigenvalue weighted by Gasteiger charge is -2.24. The number of nitrogens with one attached hydrogen (secondary N) is 1. The van der Waals surface area contributed by atoms with Gasteiger partial charge in [-0.15, -0.1) is 0 Å². The molecule has 1 saturated heterocycles. The molecule has 4 rings (SSSR count). The van der Waals surface area contributed by atoms with Gasteiger partial charge in [0, 0.05) is 12.7 Å². The fraction of sp³-hybridized carbons (Fsp3) is 0.278. The topological polar surface area (TPSA) is 122 Å². The van der Waals surface area contributed by atoms with Crippen LogP contribution in [-0.4, -0.2) is 41.9 Å². The van der Waals surface area contributed by atoms with E-state index in [1.165, 1.54) is 12.1 Å². The van der Waals surface area contributed by atoms with Crippen molar-refractivity contribution in [1.29, 1.82) is 0 Å². The van der Waals surface area contributed by atoms with E-state index in [1.807, 2.05) is 0 Å². The first-order valence-corrected chi connectivity index (χ1v) is 10.6. The number of hydrogen-bond acceptors (Lipinski definition) is 6. The van der Waals surface area contributed by atoms with Crippen molar-refractivity contribution < 1.29 is 13.2 Å². The zero-order valence-electron chi connectivity index (χ0n) is 15.0. The second kappa shape index (κ2) is 6.75. The van der Waals surface area contributed by atoms with E-state index in [0.29, 0.717) is 29.8 Å². The summed E-state index contributed by atoms with van der Waals surface area (Å²) in [5.41, 5.74) is 7.27. The molecule has 2 aromatic heterocycles. The Morgan fingerprint density at radius 3 is 2.86 bits per heavy atom. The Kier molecular flexibility index (Phi) is 4.51. The van der Waals surface area contributed by atoms with Gasteiger partial charge in [-0.2, -0.15) is 4.98 Å². The largest absolute Gasteiger partial charge is 0.368 e. The lowest BCUT2D eigenvalue weighted by Crippen LogP contribution is -2.41. The van der Waals surface area contributed by atoms with Gasteiger partial charge in [0.1, 0.15) is 11.6 Å². The predicted octanol–water partition coefficient (Wildman–Crippen LogP) is 2.21. The van der Waals surface area contributed by atoms with Gasteiger partial charge in [0.2, 0.25) is 15.7 Å². The number of amides is 1. The van der Waals surface area contributed by atoms with Crippen LogP contribution in [-0.2, 0) is 14.6 Å². The van der Waals surface area contributed by atoms with Crippen LogP contribution >= 0.6 is 11.6 Å². The molecular formula is C18H18ClN5O3S. The van der Waals surface area contributed by atoms with Crippen LogP contribution in [0.3, 0.4) is 0 Å². The van der Waals surface area contributed by atoms with Crippen LogP contribution in [0.1, 0.15) is 18.4 Å². The van der Waals surface area contributed by atoms with Crippen molar-refractivity contribution in [3.05, 3.63) is 41.0 Å². The standard InChI is InChI=1S/C18H18ClN5O3S/c1-10-4-5-11(19)14(9-10)28(26,27)18-22-12-6-7-21-15(12)17(23-18)24-8-2-3-13(24)16(20)25/h4-7,9,13,21H,2-3,8H2,1H3,(H2,20,25)/t13-/m0/s1. The normalized spacial score (nSPS) is 17.4. The van der Waals surface area contributed by atoms with Gasteiger partial charge in [-0.1, -0.05) is 17.7 Å². The minimum Gasteiger partial charge on any atom is -0.368 e. The first-order valence-electron chi connectivity index (χ1n) is 8.71. The molecule has 1 amide bonds. The van der Waals surface area contributed by atoms with Crippen LogP contribution in [0.15, 0.2) is 40.5 Å². The third kappa shape index (κ3) is 3.00. The molecule has 1 aliphatic heterocycles. The molecule has 0 spiro atoms. The van der Waals surface area contributed by atoms with Crippen LogP contribution < -0.4 is 10.6 Å². The molecule has 1 fully saturated rings. The Labute approximate surface area is 166 Å². The molecule has 3 heterocycles. The van der Waals surface area contributed by atoms with Crippen molar-refractivity contribution in [2.45, 2.75) is 35.9 Å². The third-order valence-corrected chi connectivity index (χ3v) is 6.86. The lowest BCUT2D eigenvalue weighted by molar-refractivity contribution is -0.119. The molecule has 0 unspecified atom stereocenters. The Hall–Kier alpha value is -2.65. The number of benzene rings is 1. The van der Waals surface area contributed by atoms with Crippen molar-refractivity contribution in [2.24, 2.45) is 5.73 Å². The van der Waals surface area contributed by atoms with Gasteiger partial charge in [0.15, 0.2) is 5.82 Å². The maximum atomic E-state index is 13.2. The number of carbonyl (C=O) groups excluding carboxylic acids is 1. The SMILES string of the molecule is Cc1ccc(Cl)c(S(=O)(=O)c2nc(N3CCC[C@H]3C(N)=O)c3[nH]ccc3n2)c1. The zero-order chi connectivity index (χ0) is 20.1. The summed E-state index contributed by atoms with van der Waals surface area (Å²) in [6.45, 7) is 2.32. The molecule has 1 aliphatic rings. The molecule has 0 bridgehead atoms. The van der Waals surface area contributed by atoms with Gasteiger partial charge in [-0.25, -0.2) is 13.4 Å². The highest BCUT2D eigenvalue weighted by Gasteiger charge is 2.34. The van der Waals surface area contributed by atoms with E-state index in [4.69, 9.17) is 17.3 Å². The average molecular weight is 420 g/mol. The molecule has 3 N–H and O–H groups in total. The number of carbonyl (C=O) groups is 1. The number of primary amides is 1. The van der Waals surface area contributed by atoms with Crippen molar-refractivity contribution in [1.82, 2.24) is 15.0 Å². The van der Waals surface area contributed by atoms with E-state index >= 15 is 0 Å². The minimum absolute atomic E-state index is 0.0529. The number of fused-ring (bicyclic) bond motifs is 1. The quantitative estimate of drug-likeness (QED) is 0.625. The molecule has 0 aliphatic carbocycles. The number of anilines is 1. The molecule has 8 nitrogen and oxygen atoms in total. The number of nitrogens with two attached hydrogens (primary N) is 1. The van der Waals surface area contributed by atoms with Gasteiger partial charge < -0.3 is 15.6 Å². The van der Waals surface area contributed by atoms with Gasteiger partial charge in [-0.3, -0.25) is 4.79 Å². The molecule has 0 saturated carbocycles. The maximum absolute atomic E-state index is 13.2. The fourth-order valence-electron chi connectivity index (χ4n) is 3.47. The number of halogens is 1. The molecule has 3 aromatic rings. The molecule has 1 atom stereocenters. The van der Waals surface area contributed by atoms with E-state index in [1.54, 1.807) is 30.2 Å². The zero-order valence-corrected chi connectivity index (χ0v) is 16.6. The van der Waals surface area contributed by atoms with Crippen molar-refractivity contribution in [3.8, 4) is 0 Å². The number of aromatic nitrogens is 3. The number of nitrogens with zero attached hydrogens (tertiary/aromatic N) is 3. The van der Waals surface area contributed by atoms with Crippen LogP contribution in [0.25, 0.3) is 11.0 Å². The first-order chi connectivity index (χ1) is 13.3. The number of aryl methyl sites for hydroxylation is 1. The van der Waals surface area contributed by atoms with Gasteiger partial charge in [0.05, 0.1) is 15.4 Å². The van der Waals surface area contributed by atoms with E-state index in [0.717, 1.165) is 12.0 Å². The van der Waals surface area contributed by atoms with E-state index in [9.17, 15) is 13.2 Å². The first kappa shape index (κ1) is 18.7. The van der Waals surface area contributed by atoms with Crippen molar-refractivity contribution >= 4 is 44.2 Å². The smallest absolute Gasteiger partial charge is 0.254 e. The van der Waals surface area contributed by atoms with Crippen molar-refractivity contribution in [2.75, 3.05) is 11.4 Å². The Balaban J connectivity index is 1.92. The van der Waals surface area contributed by atoms with Gasteiger partial charge >= 0.3 is 0 Å². The minimum atomic E-state index is -4.06. The summed E-state index contributed by atoms with van der Waals surface area (Å²) >= 11 is 6.15. The summed E-state index contributed by atoms with van der Waals surface area (Å²) in [6.07, 6.45) is 2.99. The Morgan fingerprint density at radius 1 is 1.32 bits per heavy atom. The lowest BCUT2D eigenvalue weighted by atomic mass is 10.2. The maximum Gasteiger partial charge on any atom is 0.254 e. The predicted molar refractivity (Wildman–Crippen MR) is 105 cm³/mol. The monoisotopic (exact) mass is 419 g/mol. The Morgan fingerprint density at radius 2 is 2.11 bits per heavy atom. The van der Waals surface area contributed by atoms with E-state index in [2.05, 4.69) is 15.0 Å². The van der Waals surface area contributed by atoms with E-state index in [-0.39, 0.29) is 15.1 Å². The van der Waals surface area contributed by atoms with E-state index < -0.39 is 21.8 Å². The molecular weight excluding hydrogens is 402 g/mol. The van der Waals surface area contributed by atoms with Crippen LogP contribution in [0.5, 0.6) is 0 Å². The number of H-pyrrole nitrogens is 1. The summed E-state index contributed by atoms with van der Waals surface area (Å²) in [5, 5.41) is -0.265. The number of rotatable bonds is 4. The highest BCUT2D eigenvalue weighted by Crippen LogP contribution is 2.33. The number of aromatic amines is 1. The fourth-order valence-corrected chi connectivity index (χ4v) is 5.18. The second-order valence-electron chi connectivity index (χ2n) is 6.76. The number of sulfone groups is 1. The summed E-state index contributed by atoms with van der Waals surface area (Å²) in [5.74, 6) is -0.124. The molecule has 146 valence electrons. The second-order valence-corrected chi connectivity index (χ2v) is 8.98. The summed E-state index contributed by atoms with van der Waals surface area (Å²) < 4.78 is 26.5. The molecule has 28 heavy (non-hydrogen) atoms. The molecule has 1 aromatic carbocycles. The van der Waals surface area contributed by atoms with Gasteiger partial charge in [0.25, 0.3) is 5.16 Å². The van der Waals surface area contributed by atoms with Gasteiger partial charge in [-0.05, 0) is 43.5 Å². The Bertz CT molecular complexity index is 1190. The van der Waals surface area contributed by atoms with Crippen LogP contribution in [0.2, 0.25) is 5.02 Å².